The molecule has 0 spiro atoms. The summed E-state index contributed by atoms with van der Waals surface area (Å²) in [4.78, 5) is 48.7. The molecule has 2 fully saturated rings. The van der Waals surface area contributed by atoms with Crippen LogP contribution in [0.3, 0.4) is 0 Å². The largest absolute Gasteiger partial charge is 0.366 e. The van der Waals surface area contributed by atoms with E-state index in [1.807, 2.05) is 6.07 Å². The summed E-state index contributed by atoms with van der Waals surface area (Å²) < 4.78 is 13.8. The molecule has 0 aliphatic carbocycles. The van der Waals surface area contributed by atoms with Crippen molar-refractivity contribution in [3.63, 3.8) is 0 Å². The van der Waals surface area contributed by atoms with E-state index in [0.717, 1.165) is 18.8 Å². The Labute approximate surface area is 220 Å². The van der Waals surface area contributed by atoms with Crippen molar-refractivity contribution in [3.05, 3.63) is 89.5 Å². The number of carbonyl (C=O) groups is 3. The summed E-state index contributed by atoms with van der Waals surface area (Å²) in [5.41, 5.74) is 2.45. The van der Waals surface area contributed by atoms with Crippen molar-refractivity contribution in [3.8, 4) is 0 Å². The molecule has 2 aliphatic rings. The van der Waals surface area contributed by atoms with Crippen molar-refractivity contribution in [1.82, 2.24) is 20.1 Å². The molecule has 0 radical (unpaired) electrons. The monoisotopic (exact) mass is 516 g/mol. The van der Waals surface area contributed by atoms with Crippen LogP contribution in [0.15, 0.2) is 67.0 Å². The molecule has 2 N–H and O–H groups in total. The summed E-state index contributed by atoms with van der Waals surface area (Å²) in [6, 6.07) is 14.2. The van der Waals surface area contributed by atoms with Gasteiger partial charge in [-0.05, 0) is 48.5 Å². The van der Waals surface area contributed by atoms with Crippen molar-refractivity contribution >= 4 is 29.1 Å². The molecule has 9 nitrogen and oxygen atoms in total. The fourth-order valence-electron chi connectivity index (χ4n) is 4.75. The van der Waals surface area contributed by atoms with Crippen molar-refractivity contribution in [2.45, 2.75) is 0 Å². The van der Waals surface area contributed by atoms with Crippen LogP contribution in [0.1, 0.15) is 31.1 Å². The molecule has 2 aromatic carbocycles. The van der Waals surface area contributed by atoms with Crippen LogP contribution in [0, 0.1) is 5.82 Å². The van der Waals surface area contributed by atoms with Crippen LogP contribution < -0.4 is 15.5 Å². The van der Waals surface area contributed by atoms with E-state index < -0.39 is 11.7 Å². The minimum atomic E-state index is -0.504. The molecule has 3 aromatic rings. The smallest absolute Gasteiger partial charge is 0.255 e. The maximum Gasteiger partial charge on any atom is 0.255 e. The molecule has 0 saturated carbocycles. The zero-order valence-corrected chi connectivity index (χ0v) is 20.9. The Hall–Kier alpha value is -4.31. The van der Waals surface area contributed by atoms with E-state index in [1.54, 1.807) is 46.5 Å². The van der Waals surface area contributed by atoms with Crippen LogP contribution in [0.25, 0.3) is 0 Å². The van der Waals surface area contributed by atoms with E-state index in [2.05, 4.69) is 20.5 Å². The first-order valence-corrected chi connectivity index (χ1v) is 12.6. The topological polar surface area (TPSA) is 97.9 Å². The number of carbonyl (C=O) groups excluding carboxylic acids is 3. The second-order valence-corrected chi connectivity index (χ2v) is 9.25. The maximum atomic E-state index is 13.8. The summed E-state index contributed by atoms with van der Waals surface area (Å²) >= 11 is 0. The molecule has 3 amide bonds. The molecular weight excluding hydrogens is 487 g/mol. The van der Waals surface area contributed by atoms with E-state index >= 15 is 0 Å². The number of anilines is 2. The normalized spacial score (nSPS) is 15.8. The van der Waals surface area contributed by atoms with Crippen LogP contribution in [-0.4, -0.2) is 84.9 Å². The highest BCUT2D eigenvalue weighted by Crippen LogP contribution is 2.30. The number of hydrogen-bond acceptors (Lipinski definition) is 6. The second kappa shape index (κ2) is 11.4. The van der Waals surface area contributed by atoms with Gasteiger partial charge in [0.1, 0.15) is 5.82 Å². The van der Waals surface area contributed by atoms with Crippen LogP contribution in [0.5, 0.6) is 0 Å². The average molecular weight is 517 g/mol. The average Bonchev–Trinajstić information content (AvgIpc) is 2.97. The molecule has 0 atom stereocenters. The van der Waals surface area contributed by atoms with Crippen molar-refractivity contribution < 1.29 is 18.8 Å². The Bertz CT molecular complexity index is 1320. The van der Waals surface area contributed by atoms with Crippen molar-refractivity contribution in [1.29, 1.82) is 0 Å². The van der Waals surface area contributed by atoms with Crippen LogP contribution in [0.4, 0.5) is 15.8 Å². The van der Waals surface area contributed by atoms with E-state index in [9.17, 15) is 18.8 Å². The Balaban J connectivity index is 1.37. The van der Waals surface area contributed by atoms with Gasteiger partial charge >= 0.3 is 0 Å². The minimum Gasteiger partial charge on any atom is -0.366 e. The van der Waals surface area contributed by atoms with E-state index in [4.69, 9.17) is 0 Å². The lowest BCUT2D eigenvalue weighted by molar-refractivity contribution is 0.0731. The van der Waals surface area contributed by atoms with E-state index in [1.165, 1.54) is 24.3 Å². The van der Waals surface area contributed by atoms with Crippen LogP contribution in [0.2, 0.25) is 0 Å². The van der Waals surface area contributed by atoms with Gasteiger partial charge in [-0.2, -0.15) is 0 Å². The molecule has 5 rings (SSSR count). The van der Waals surface area contributed by atoms with Crippen molar-refractivity contribution in [2.75, 3.05) is 62.6 Å². The third-order valence-electron chi connectivity index (χ3n) is 6.82. The number of benzene rings is 2. The highest BCUT2D eigenvalue weighted by Gasteiger charge is 2.26. The van der Waals surface area contributed by atoms with Crippen LogP contribution in [-0.2, 0) is 0 Å². The summed E-state index contributed by atoms with van der Waals surface area (Å²) in [5.74, 6) is -1.13. The second-order valence-electron chi connectivity index (χ2n) is 9.25. The van der Waals surface area contributed by atoms with Gasteiger partial charge in [0.2, 0.25) is 0 Å². The van der Waals surface area contributed by atoms with Crippen LogP contribution >= 0.6 is 0 Å². The quantitative estimate of drug-likeness (QED) is 0.541. The fraction of sp³-hybridized carbons (Fsp3) is 0.286. The zero-order chi connectivity index (χ0) is 26.5. The number of hydrogen-bond donors (Lipinski definition) is 2. The number of halogens is 1. The predicted octanol–water partition coefficient (Wildman–Crippen LogP) is 2.48. The lowest BCUT2D eigenvalue weighted by atomic mass is 10.1. The summed E-state index contributed by atoms with van der Waals surface area (Å²) in [6.07, 6.45) is 3.20. The first-order chi connectivity index (χ1) is 18.5. The molecule has 2 saturated heterocycles. The standard InChI is InChI=1S/C28H29FN6O3/c29-23-3-1-2-21(18-23)26(36)32-24-19-22(28(38)34-12-10-31-11-13-34)4-5-25(24)33-14-16-35(17-15-33)27(37)20-6-8-30-9-7-20/h1-9,18-19,31H,10-17H2,(H,32,36). The number of nitrogens with one attached hydrogen (secondary N) is 2. The summed E-state index contributed by atoms with van der Waals surface area (Å²) in [7, 11) is 0. The van der Waals surface area contributed by atoms with E-state index in [-0.39, 0.29) is 17.4 Å². The number of amides is 3. The highest BCUT2D eigenvalue weighted by atomic mass is 19.1. The van der Waals surface area contributed by atoms with Gasteiger partial charge in [-0.15, -0.1) is 0 Å². The van der Waals surface area contributed by atoms with Gasteiger partial charge in [0, 0.05) is 81.4 Å². The van der Waals surface area contributed by atoms with Crippen molar-refractivity contribution in [2.24, 2.45) is 0 Å². The SMILES string of the molecule is O=C(Nc1cc(C(=O)N2CCNCC2)ccc1N1CCN(C(=O)c2ccncc2)CC1)c1cccc(F)c1. The third-order valence-corrected chi connectivity index (χ3v) is 6.82. The molecule has 0 bridgehead atoms. The Morgan fingerprint density at radius 3 is 2.16 bits per heavy atom. The highest BCUT2D eigenvalue weighted by molar-refractivity contribution is 6.07. The first kappa shape index (κ1) is 25.3. The first-order valence-electron chi connectivity index (χ1n) is 12.6. The van der Waals surface area contributed by atoms with Gasteiger partial charge in [-0.3, -0.25) is 19.4 Å². The minimum absolute atomic E-state index is 0.0522. The molecule has 3 heterocycles. The van der Waals surface area contributed by atoms with Gasteiger partial charge in [0.25, 0.3) is 17.7 Å². The lowest BCUT2D eigenvalue weighted by Gasteiger charge is -2.37. The Kier molecular flexibility index (Phi) is 7.60. The molecular formula is C28H29FN6O3. The van der Waals surface area contributed by atoms with Gasteiger partial charge in [-0.1, -0.05) is 6.07 Å². The molecule has 10 heteroatoms. The fourth-order valence-corrected chi connectivity index (χ4v) is 4.75. The van der Waals surface area contributed by atoms with E-state index in [0.29, 0.717) is 56.1 Å². The summed E-state index contributed by atoms with van der Waals surface area (Å²) in [6.45, 7) is 4.78. The maximum absolute atomic E-state index is 13.8. The number of nitrogens with zero attached hydrogens (tertiary/aromatic N) is 4. The molecule has 2 aliphatic heterocycles. The Morgan fingerprint density at radius 1 is 0.763 bits per heavy atom. The lowest BCUT2D eigenvalue weighted by Crippen LogP contribution is -2.49. The third kappa shape index (κ3) is 5.65. The van der Waals surface area contributed by atoms with Gasteiger partial charge in [0.15, 0.2) is 0 Å². The number of rotatable bonds is 5. The zero-order valence-electron chi connectivity index (χ0n) is 20.9. The molecule has 1 aromatic heterocycles. The number of pyridine rings is 1. The Morgan fingerprint density at radius 2 is 1.45 bits per heavy atom. The predicted molar refractivity (Wildman–Crippen MR) is 142 cm³/mol. The van der Waals surface area contributed by atoms with Gasteiger partial charge in [0.05, 0.1) is 11.4 Å². The van der Waals surface area contributed by atoms with Gasteiger partial charge in [-0.25, -0.2) is 4.39 Å². The number of aromatic nitrogens is 1. The molecule has 0 unspecified atom stereocenters. The summed E-state index contributed by atoms with van der Waals surface area (Å²) in [5, 5.41) is 6.13. The van der Waals surface area contributed by atoms with Gasteiger partial charge < -0.3 is 25.3 Å². The molecule has 196 valence electrons. The molecule has 38 heavy (non-hydrogen) atoms. The number of piperazine rings is 2.